The van der Waals surface area contributed by atoms with Crippen LogP contribution >= 0.6 is 0 Å². The molecule has 150 valence electrons. The van der Waals surface area contributed by atoms with E-state index in [1.807, 2.05) is 6.07 Å². The van der Waals surface area contributed by atoms with Crippen molar-refractivity contribution in [1.82, 2.24) is 20.2 Å². The largest absolute Gasteiger partial charge is 0.484 e. The fourth-order valence-corrected chi connectivity index (χ4v) is 2.60. The van der Waals surface area contributed by atoms with Gasteiger partial charge < -0.3 is 25.7 Å². The molecule has 0 radical (unpaired) electrons. The number of carbonyl (C=O) groups excluding carboxylic acids is 2. The third-order valence-corrected chi connectivity index (χ3v) is 3.98. The second kappa shape index (κ2) is 9.36. The van der Waals surface area contributed by atoms with Crippen molar-refractivity contribution >= 4 is 11.9 Å². The molecule has 0 aliphatic carbocycles. The van der Waals surface area contributed by atoms with Gasteiger partial charge in [-0.3, -0.25) is 4.79 Å². The van der Waals surface area contributed by atoms with Crippen LogP contribution in [0, 0.1) is 5.82 Å². The van der Waals surface area contributed by atoms with Crippen molar-refractivity contribution in [1.29, 1.82) is 0 Å². The zero-order valence-corrected chi connectivity index (χ0v) is 15.5. The lowest BCUT2D eigenvalue weighted by Gasteiger charge is -2.10. The van der Waals surface area contributed by atoms with Gasteiger partial charge in [0, 0.05) is 25.5 Å². The molecule has 0 atom stereocenters. The molecule has 0 spiro atoms. The van der Waals surface area contributed by atoms with E-state index in [9.17, 15) is 14.0 Å². The van der Waals surface area contributed by atoms with Gasteiger partial charge in [-0.25, -0.2) is 14.2 Å². The average molecular weight is 397 g/mol. The summed E-state index contributed by atoms with van der Waals surface area (Å²) in [6.45, 7) is 0.218. The molecule has 0 aliphatic rings. The number of urea groups is 1. The van der Waals surface area contributed by atoms with Crippen LogP contribution in [0.3, 0.4) is 0 Å². The van der Waals surface area contributed by atoms with E-state index in [4.69, 9.17) is 10.5 Å². The molecule has 4 N–H and O–H groups in total. The van der Waals surface area contributed by atoms with E-state index in [-0.39, 0.29) is 19.7 Å². The van der Waals surface area contributed by atoms with Crippen molar-refractivity contribution in [2.45, 2.75) is 13.1 Å². The van der Waals surface area contributed by atoms with Crippen molar-refractivity contribution in [3.8, 4) is 11.4 Å². The number of imidazole rings is 1. The first kappa shape index (κ1) is 19.9. The molecule has 9 heteroatoms. The molecule has 1 aromatic heterocycles. The predicted octanol–water partition coefficient (Wildman–Crippen LogP) is 1.87. The maximum Gasteiger partial charge on any atom is 0.315 e. The highest BCUT2D eigenvalue weighted by molar-refractivity contribution is 5.75. The number of hydrogen-bond acceptors (Lipinski definition) is 4. The van der Waals surface area contributed by atoms with Crippen molar-refractivity contribution in [3.63, 3.8) is 0 Å². The summed E-state index contributed by atoms with van der Waals surface area (Å²) in [6, 6.07) is 11.3. The Labute approximate surface area is 166 Å². The summed E-state index contributed by atoms with van der Waals surface area (Å²) >= 11 is 0. The molecule has 0 fully saturated rings. The van der Waals surface area contributed by atoms with Crippen LogP contribution in [0.1, 0.15) is 11.1 Å². The van der Waals surface area contributed by atoms with E-state index >= 15 is 0 Å². The molecule has 0 bridgehead atoms. The monoisotopic (exact) mass is 397 g/mol. The number of hydrogen-bond donors (Lipinski definition) is 3. The molecule has 29 heavy (non-hydrogen) atoms. The van der Waals surface area contributed by atoms with Crippen molar-refractivity contribution in [2.24, 2.45) is 5.73 Å². The summed E-state index contributed by atoms with van der Waals surface area (Å²) < 4.78 is 21.0. The summed E-state index contributed by atoms with van der Waals surface area (Å²) in [5.74, 6) is -0.491. The number of benzene rings is 2. The molecule has 3 aromatic rings. The number of halogens is 1. The number of amides is 3. The lowest BCUT2D eigenvalue weighted by molar-refractivity contribution is -0.119. The standard InChI is InChI=1S/C20H20FN5O3/c21-17-9-15(4-5-18(17)26-7-6-23-13-26)11-25-20(28)24-10-14-2-1-3-16(8-14)29-12-19(22)27/h1-9,13H,10-12H2,(H2,22,27)(H2,24,25,28). The molecule has 0 aliphatic heterocycles. The Morgan fingerprint density at radius 3 is 2.52 bits per heavy atom. The molecule has 0 unspecified atom stereocenters. The number of primary amides is 1. The molecule has 0 saturated heterocycles. The fourth-order valence-electron chi connectivity index (χ4n) is 2.60. The third kappa shape index (κ3) is 5.80. The van der Waals surface area contributed by atoms with Gasteiger partial charge in [0.15, 0.2) is 6.61 Å². The van der Waals surface area contributed by atoms with Gasteiger partial charge in [-0.1, -0.05) is 18.2 Å². The number of carbonyl (C=O) groups is 2. The Hall–Kier alpha value is -3.88. The number of nitrogens with zero attached hydrogens (tertiary/aromatic N) is 2. The fraction of sp³-hybridized carbons (Fsp3) is 0.150. The van der Waals surface area contributed by atoms with Gasteiger partial charge in [0.25, 0.3) is 5.91 Å². The van der Waals surface area contributed by atoms with E-state index in [0.717, 1.165) is 5.56 Å². The minimum absolute atomic E-state index is 0.175. The predicted molar refractivity (Wildman–Crippen MR) is 104 cm³/mol. The van der Waals surface area contributed by atoms with Crippen LogP contribution in [-0.2, 0) is 17.9 Å². The quantitative estimate of drug-likeness (QED) is 0.539. The Bertz CT molecular complexity index is 992. The van der Waals surface area contributed by atoms with E-state index in [1.54, 1.807) is 47.3 Å². The number of nitrogens with two attached hydrogens (primary N) is 1. The maximum absolute atomic E-state index is 14.2. The first-order chi connectivity index (χ1) is 14.0. The van der Waals surface area contributed by atoms with Gasteiger partial charge in [-0.15, -0.1) is 0 Å². The summed E-state index contributed by atoms with van der Waals surface area (Å²) in [5, 5.41) is 5.38. The molecular weight excluding hydrogens is 377 g/mol. The summed E-state index contributed by atoms with van der Waals surface area (Å²) in [5.41, 5.74) is 6.84. The molecule has 2 aromatic carbocycles. The highest BCUT2D eigenvalue weighted by Crippen LogP contribution is 2.15. The smallest absolute Gasteiger partial charge is 0.315 e. The van der Waals surface area contributed by atoms with Gasteiger partial charge in [0.05, 0.1) is 12.0 Å². The van der Waals surface area contributed by atoms with Gasteiger partial charge in [-0.2, -0.15) is 0 Å². The second-order valence-corrected chi connectivity index (χ2v) is 6.19. The van der Waals surface area contributed by atoms with Crippen molar-refractivity contribution < 1.29 is 18.7 Å². The highest BCUT2D eigenvalue weighted by atomic mass is 19.1. The minimum atomic E-state index is -0.567. The second-order valence-electron chi connectivity index (χ2n) is 6.19. The van der Waals surface area contributed by atoms with Gasteiger partial charge in [0.1, 0.15) is 11.6 Å². The lowest BCUT2D eigenvalue weighted by atomic mass is 10.2. The van der Waals surface area contributed by atoms with Crippen molar-refractivity contribution in [2.75, 3.05) is 6.61 Å². The summed E-state index contributed by atoms with van der Waals surface area (Å²) in [6.07, 6.45) is 4.73. The Balaban J connectivity index is 1.48. The number of aromatic nitrogens is 2. The van der Waals surface area contributed by atoms with Crippen LogP contribution in [-0.4, -0.2) is 28.1 Å². The number of rotatable bonds is 8. The molecule has 3 amide bonds. The van der Waals surface area contributed by atoms with Gasteiger partial charge in [0.2, 0.25) is 0 Å². The Morgan fingerprint density at radius 1 is 1.10 bits per heavy atom. The minimum Gasteiger partial charge on any atom is -0.484 e. The Kier molecular flexibility index (Phi) is 6.41. The molecule has 0 saturated carbocycles. The highest BCUT2D eigenvalue weighted by Gasteiger charge is 2.07. The molecule has 8 nitrogen and oxygen atoms in total. The van der Waals surface area contributed by atoms with Gasteiger partial charge in [-0.05, 0) is 35.4 Å². The molecule has 3 rings (SSSR count). The van der Waals surface area contributed by atoms with E-state index in [1.165, 1.54) is 12.4 Å². The van der Waals surface area contributed by atoms with Crippen LogP contribution in [0.2, 0.25) is 0 Å². The van der Waals surface area contributed by atoms with Crippen LogP contribution in [0.5, 0.6) is 5.75 Å². The van der Waals surface area contributed by atoms with E-state index in [0.29, 0.717) is 17.0 Å². The van der Waals surface area contributed by atoms with Crippen LogP contribution < -0.4 is 21.1 Å². The zero-order valence-electron chi connectivity index (χ0n) is 15.5. The lowest BCUT2D eigenvalue weighted by Crippen LogP contribution is -2.34. The topological polar surface area (TPSA) is 111 Å². The first-order valence-electron chi connectivity index (χ1n) is 8.80. The number of nitrogens with one attached hydrogen (secondary N) is 2. The van der Waals surface area contributed by atoms with Crippen LogP contribution in [0.25, 0.3) is 5.69 Å². The van der Waals surface area contributed by atoms with E-state index in [2.05, 4.69) is 15.6 Å². The van der Waals surface area contributed by atoms with Gasteiger partial charge >= 0.3 is 6.03 Å². The third-order valence-electron chi connectivity index (χ3n) is 3.98. The first-order valence-corrected chi connectivity index (χ1v) is 8.80. The average Bonchev–Trinajstić information content (AvgIpc) is 3.24. The van der Waals surface area contributed by atoms with E-state index < -0.39 is 17.8 Å². The maximum atomic E-state index is 14.2. The summed E-state index contributed by atoms with van der Waals surface area (Å²) in [4.78, 5) is 26.7. The number of ether oxygens (including phenoxy) is 1. The van der Waals surface area contributed by atoms with Crippen molar-refractivity contribution in [3.05, 3.63) is 78.1 Å². The zero-order chi connectivity index (χ0) is 20.6. The van der Waals surface area contributed by atoms with Crippen LogP contribution in [0.15, 0.2) is 61.2 Å². The Morgan fingerprint density at radius 2 is 1.86 bits per heavy atom. The van der Waals surface area contributed by atoms with Crippen LogP contribution in [0.4, 0.5) is 9.18 Å². The normalized spacial score (nSPS) is 10.4. The molecule has 1 heterocycles. The SMILES string of the molecule is NC(=O)COc1cccc(CNC(=O)NCc2ccc(-n3ccnc3)c(F)c2)c1. The molecular formula is C20H20FN5O3. The summed E-state index contributed by atoms with van der Waals surface area (Å²) in [7, 11) is 0.